The zero-order chi connectivity index (χ0) is 21.9. The molecular weight excluding hydrogens is 424 g/mol. The van der Waals surface area contributed by atoms with Crippen molar-refractivity contribution in [3.8, 4) is 23.2 Å². The van der Waals surface area contributed by atoms with E-state index in [4.69, 9.17) is 22.1 Å². The summed E-state index contributed by atoms with van der Waals surface area (Å²) in [4.78, 5) is 24.3. The highest BCUT2D eigenvalue weighted by Crippen LogP contribution is 2.55. The molecule has 1 aromatic heterocycles. The first-order chi connectivity index (χ1) is 14.9. The number of nitrogens with zero attached hydrogens (tertiary/aromatic N) is 3. The Labute approximate surface area is 179 Å². The third kappa shape index (κ3) is 2.38. The Morgan fingerprint density at radius 2 is 2.00 bits per heavy atom. The maximum absolute atomic E-state index is 13.5. The number of halogens is 1. The van der Waals surface area contributed by atoms with Crippen LogP contribution in [0.25, 0.3) is 11.3 Å². The van der Waals surface area contributed by atoms with Gasteiger partial charge >= 0.3 is 0 Å². The number of aromatic amines is 1. The van der Waals surface area contributed by atoms with Crippen LogP contribution in [0.3, 0.4) is 0 Å². The number of fused-ring (bicyclic) bond motifs is 4. The number of aromatic nitrogens is 2. The molecule has 3 heterocycles. The maximum Gasteiger partial charge on any atom is 0.269 e. The summed E-state index contributed by atoms with van der Waals surface area (Å²) in [5.74, 6) is -0.904. The molecule has 1 amide bonds. The third-order valence-corrected chi connectivity index (χ3v) is 5.64. The molecule has 0 fully saturated rings. The van der Waals surface area contributed by atoms with Crippen molar-refractivity contribution in [2.45, 2.75) is 5.41 Å². The number of carbonyl (C=O) groups is 1. The van der Waals surface area contributed by atoms with E-state index in [-0.39, 0.29) is 34.2 Å². The van der Waals surface area contributed by atoms with E-state index in [1.54, 1.807) is 24.3 Å². The number of amides is 1. The van der Waals surface area contributed by atoms with Crippen LogP contribution in [0.4, 0.5) is 11.4 Å². The Hall–Kier alpha value is -4.36. The molecule has 0 saturated carbocycles. The van der Waals surface area contributed by atoms with Crippen molar-refractivity contribution >= 4 is 28.9 Å². The van der Waals surface area contributed by atoms with Crippen LogP contribution in [0.1, 0.15) is 11.1 Å². The lowest BCUT2D eigenvalue weighted by Gasteiger charge is -2.31. The van der Waals surface area contributed by atoms with E-state index >= 15 is 0 Å². The highest BCUT2D eigenvalue weighted by Gasteiger charge is 2.59. The minimum atomic E-state index is -1.78. The van der Waals surface area contributed by atoms with E-state index in [9.17, 15) is 20.2 Å². The normalized spacial score (nSPS) is 18.8. The van der Waals surface area contributed by atoms with Gasteiger partial charge in [0.1, 0.15) is 17.1 Å². The molecule has 0 radical (unpaired) electrons. The SMILES string of the molecule is N#CC1=C(N)Oc2n[nH]c(-c3ccc(Cl)cc3)c2[C@]12C(=O)Nc1ccc([N+](=O)[O-])cc12. The summed E-state index contributed by atoms with van der Waals surface area (Å²) in [5.41, 5.74) is 5.57. The molecule has 1 spiro atoms. The van der Waals surface area contributed by atoms with Gasteiger partial charge in [0.2, 0.25) is 17.7 Å². The molecule has 5 rings (SSSR count). The number of nitrogens with one attached hydrogen (secondary N) is 2. The van der Waals surface area contributed by atoms with Gasteiger partial charge in [0.15, 0.2) is 0 Å². The van der Waals surface area contributed by atoms with Gasteiger partial charge in [-0.25, -0.2) is 0 Å². The van der Waals surface area contributed by atoms with Gasteiger partial charge in [-0.1, -0.05) is 23.7 Å². The molecule has 10 nitrogen and oxygen atoms in total. The van der Waals surface area contributed by atoms with Crippen molar-refractivity contribution in [2.24, 2.45) is 5.73 Å². The van der Waals surface area contributed by atoms with Crippen LogP contribution in [0.15, 0.2) is 53.9 Å². The number of hydrogen-bond donors (Lipinski definition) is 3. The van der Waals surface area contributed by atoms with Gasteiger partial charge < -0.3 is 15.8 Å². The number of ether oxygens (including phenoxy) is 1. The molecule has 11 heteroatoms. The molecule has 0 saturated heterocycles. The molecular formula is C20H11ClN6O4. The molecule has 31 heavy (non-hydrogen) atoms. The second kappa shape index (κ2) is 6.32. The van der Waals surface area contributed by atoms with Crippen LogP contribution in [-0.2, 0) is 10.2 Å². The van der Waals surface area contributed by atoms with Crippen LogP contribution in [0.2, 0.25) is 5.02 Å². The molecule has 2 aliphatic heterocycles. The number of anilines is 1. The predicted octanol–water partition coefficient (Wildman–Crippen LogP) is 2.96. The Morgan fingerprint density at radius 1 is 1.26 bits per heavy atom. The second-order valence-electron chi connectivity index (χ2n) is 6.93. The quantitative estimate of drug-likeness (QED) is 0.412. The summed E-state index contributed by atoms with van der Waals surface area (Å²) in [7, 11) is 0. The van der Waals surface area contributed by atoms with Gasteiger partial charge in [-0.2, -0.15) is 5.26 Å². The van der Waals surface area contributed by atoms with Crippen molar-refractivity contribution in [2.75, 3.05) is 5.32 Å². The first kappa shape index (κ1) is 18.7. The highest BCUT2D eigenvalue weighted by atomic mass is 35.5. The van der Waals surface area contributed by atoms with Crippen LogP contribution in [0, 0.1) is 21.4 Å². The highest BCUT2D eigenvalue weighted by molar-refractivity contribution is 6.30. The second-order valence-corrected chi connectivity index (χ2v) is 7.37. The van der Waals surface area contributed by atoms with E-state index in [2.05, 4.69) is 15.5 Å². The molecule has 0 aliphatic carbocycles. The van der Waals surface area contributed by atoms with E-state index < -0.39 is 16.2 Å². The third-order valence-electron chi connectivity index (χ3n) is 5.39. The van der Waals surface area contributed by atoms with Crippen molar-refractivity contribution in [1.82, 2.24) is 10.2 Å². The summed E-state index contributed by atoms with van der Waals surface area (Å²) >= 11 is 5.99. The Balaban J connectivity index is 1.89. The fourth-order valence-electron chi connectivity index (χ4n) is 4.08. The average molecular weight is 435 g/mol. The zero-order valence-electron chi connectivity index (χ0n) is 15.5. The topological polar surface area (TPSA) is 160 Å². The number of nitro benzene ring substituents is 1. The lowest BCUT2D eigenvalue weighted by molar-refractivity contribution is -0.384. The zero-order valence-corrected chi connectivity index (χ0v) is 16.2. The Kier molecular flexibility index (Phi) is 3.80. The molecule has 2 aliphatic rings. The maximum atomic E-state index is 13.5. The summed E-state index contributed by atoms with van der Waals surface area (Å²) in [6.07, 6.45) is 0. The number of nitrogens with two attached hydrogens (primary N) is 1. The molecule has 1 atom stereocenters. The van der Waals surface area contributed by atoms with E-state index in [0.717, 1.165) is 0 Å². The average Bonchev–Trinajstić information content (AvgIpc) is 3.28. The van der Waals surface area contributed by atoms with E-state index in [1.807, 2.05) is 6.07 Å². The number of nitro groups is 1. The monoisotopic (exact) mass is 434 g/mol. The molecule has 152 valence electrons. The Bertz CT molecular complexity index is 1370. The fraction of sp³-hybridized carbons (Fsp3) is 0.0500. The standard InChI is InChI=1S/C20H11ClN6O4/c21-10-3-1-9(2-4-10)16-15-18(26-25-16)31-17(23)13(8-22)20(15)12-7-11(27(29)30)5-6-14(12)24-19(20)28/h1-7H,23H2,(H,24,28)(H,25,26)/t20-/m1/s1. The summed E-state index contributed by atoms with van der Waals surface area (Å²) in [6.45, 7) is 0. The minimum absolute atomic E-state index is 0.00374. The van der Waals surface area contributed by atoms with Gasteiger partial charge in [-0.15, -0.1) is 5.10 Å². The predicted molar refractivity (Wildman–Crippen MR) is 109 cm³/mol. The summed E-state index contributed by atoms with van der Waals surface area (Å²) in [5, 5.41) is 31.6. The lowest BCUT2D eigenvalue weighted by atomic mass is 9.68. The number of nitriles is 1. The number of carbonyl (C=O) groups excluding carboxylic acids is 1. The summed E-state index contributed by atoms with van der Waals surface area (Å²) < 4.78 is 5.54. The number of hydrogen-bond acceptors (Lipinski definition) is 7. The van der Waals surface area contributed by atoms with Gasteiger partial charge in [-0.05, 0) is 18.2 Å². The first-order valence-electron chi connectivity index (χ1n) is 8.91. The van der Waals surface area contributed by atoms with Crippen LogP contribution in [-0.4, -0.2) is 21.0 Å². The number of rotatable bonds is 2. The largest absolute Gasteiger partial charge is 0.420 e. The first-order valence-corrected chi connectivity index (χ1v) is 9.29. The van der Waals surface area contributed by atoms with E-state index in [1.165, 1.54) is 18.2 Å². The molecule has 0 unspecified atom stereocenters. The van der Waals surface area contributed by atoms with Crippen LogP contribution in [0.5, 0.6) is 5.88 Å². The fourth-order valence-corrected chi connectivity index (χ4v) is 4.20. The number of non-ortho nitro benzene ring substituents is 1. The van der Waals surface area contributed by atoms with Crippen molar-refractivity contribution in [1.29, 1.82) is 5.26 Å². The number of benzene rings is 2. The smallest absolute Gasteiger partial charge is 0.269 e. The number of H-pyrrole nitrogens is 1. The Morgan fingerprint density at radius 3 is 2.68 bits per heavy atom. The minimum Gasteiger partial charge on any atom is -0.420 e. The van der Waals surface area contributed by atoms with Crippen molar-refractivity contribution in [3.63, 3.8) is 0 Å². The van der Waals surface area contributed by atoms with Crippen molar-refractivity contribution < 1.29 is 14.5 Å². The van der Waals surface area contributed by atoms with Crippen LogP contribution < -0.4 is 15.8 Å². The van der Waals surface area contributed by atoms with Gasteiger partial charge in [0.05, 0.1) is 16.2 Å². The molecule has 4 N–H and O–H groups in total. The lowest BCUT2D eigenvalue weighted by Crippen LogP contribution is -2.42. The van der Waals surface area contributed by atoms with Gasteiger partial charge in [-0.3, -0.25) is 20.0 Å². The van der Waals surface area contributed by atoms with Crippen molar-refractivity contribution in [3.05, 3.63) is 80.2 Å². The molecule has 3 aromatic rings. The van der Waals surface area contributed by atoms with E-state index in [0.29, 0.717) is 22.0 Å². The molecule has 0 bridgehead atoms. The molecule has 2 aromatic carbocycles. The van der Waals surface area contributed by atoms with Crippen LogP contribution >= 0.6 is 11.6 Å². The summed E-state index contributed by atoms with van der Waals surface area (Å²) in [6, 6.07) is 12.6. The van der Waals surface area contributed by atoms with Gasteiger partial charge in [0, 0.05) is 34.0 Å². The van der Waals surface area contributed by atoms with Gasteiger partial charge in [0.25, 0.3) is 5.69 Å².